The molecule has 1 aromatic carbocycles. The van der Waals surface area contributed by atoms with Gasteiger partial charge in [0.2, 0.25) is 5.91 Å². The van der Waals surface area contributed by atoms with Crippen LogP contribution in [0.1, 0.15) is 18.9 Å². The normalized spacial score (nSPS) is 10.3. The van der Waals surface area contributed by atoms with Gasteiger partial charge in [0.05, 0.1) is 6.61 Å². The van der Waals surface area contributed by atoms with E-state index in [9.17, 15) is 4.79 Å². The molecule has 0 radical (unpaired) electrons. The molecule has 0 aromatic heterocycles. The molecule has 0 saturated heterocycles. The summed E-state index contributed by atoms with van der Waals surface area (Å²) in [5.74, 6) is 1.05. The number of nitrogens with zero attached hydrogens (tertiary/aromatic N) is 1. The Kier molecular flexibility index (Phi) is 6.97. The zero-order chi connectivity index (χ0) is 14.1. The highest BCUT2D eigenvalue weighted by Gasteiger charge is 2.10. The molecule has 0 aliphatic carbocycles. The number of likely N-dealkylation sites (N-methyl/N-ethyl adjacent to an activating group) is 2. The molecular formula is C15H24N2O2. The molecule has 0 aliphatic heterocycles. The van der Waals surface area contributed by atoms with Crippen molar-refractivity contribution >= 4 is 5.91 Å². The molecule has 1 aromatic rings. The van der Waals surface area contributed by atoms with E-state index < -0.39 is 0 Å². The van der Waals surface area contributed by atoms with Crippen molar-refractivity contribution in [2.75, 3.05) is 33.8 Å². The van der Waals surface area contributed by atoms with Crippen LogP contribution < -0.4 is 10.1 Å². The van der Waals surface area contributed by atoms with Gasteiger partial charge in [0.1, 0.15) is 5.75 Å². The van der Waals surface area contributed by atoms with Crippen LogP contribution in [0.5, 0.6) is 5.75 Å². The third-order valence-corrected chi connectivity index (χ3v) is 3.00. The van der Waals surface area contributed by atoms with E-state index in [4.69, 9.17) is 4.74 Å². The molecule has 4 nitrogen and oxygen atoms in total. The van der Waals surface area contributed by atoms with Crippen molar-refractivity contribution in [2.24, 2.45) is 0 Å². The number of benzene rings is 1. The number of aryl methyl sites for hydroxylation is 1. The Hall–Kier alpha value is -1.55. The Morgan fingerprint density at radius 3 is 2.79 bits per heavy atom. The molecule has 0 spiro atoms. The van der Waals surface area contributed by atoms with Crippen molar-refractivity contribution < 1.29 is 9.53 Å². The van der Waals surface area contributed by atoms with Gasteiger partial charge in [-0.2, -0.15) is 0 Å². The first kappa shape index (κ1) is 15.5. The van der Waals surface area contributed by atoms with E-state index in [-0.39, 0.29) is 5.91 Å². The van der Waals surface area contributed by atoms with E-state index in [1.54, 1.807) is 4.90 Å². The molecule has 19 heavy (non-hydrogen) atoms. The minimum Gasteiger partial charge on any atom is -0.494 e. The molecule has 1 amide bonds. The average Bonchev–Trinajstić information content (AvgIpc) is 2.43. The molecule has 0 aliphatic rings. The van der Waals surface area contributed by atoms with E-state index in [1.165, 1.54) is 0 Å². The first-order chi connectivity index (χ1) is 9.19. The van der Waals surface area contributed by atoms with E-state index in [0.717, 1.165) is 30.8 Å². The first-order valence-corrected chi connectivity index (χ1v) is 6.78. The summed E-state index contributed by atoms with van der Waals surface area (Å²) in [6.45, 7) is 4.17. The summed E-state index contributed by atoms with van der Waals surface area (Å²) in [5, 5.41) is 3.04. The molecule has 1 N–H and O–H groups in total. The average molecular weight is 264 g/mol. The van der Waals surface area contributed by atoms with Gasteiger partial charge in [0, 0.05) is 26.6 Å². The highest BCUT2D eigenvalue weighted by molar-refractivity contribution is 5.76. The van der Waals surface area contributed by atoms with Gasteiger partial charge in [0.15, 0.2) is 0 Å². The molecule has 0 atom stereocenters. The number of amides is 1. The Morgan fingerprint density at radius 2 is 2.11 bits per heavy atom. The lowest BCUT2D eigenvalue weighted by molar-refractivity contribution is -0.129. The number of hydrogen-bond acceptors (Lipinski definition) is 3. The van der Waals surface area contributed by atoms with Gasteiger partial charge >= 0.3 is 0 Å². The van der Waals surface area contributed by atoms with Crippen molar-refractivity contribution in [3.63, 3.8) is 0 Å². The molecule has 106 valence electrons. The number of carbonyl (C=O) groups is 1. The predicted molar refractivity (Wildman–Crippen MR) is 77.5 cm³/mol. The lowest BCUT2D eigenvalue weighted by Crippen LogP contribution is -2.32. The van der Waals surface area contributed by atoms with Gasteiger partial charge < -0.3 is 15.0 Å². The van der Waals surface area contributed by atoms with E-state index in [0.29, 0.717) is 13.0 Å². The summed E-state index contributed by atoms with van der Waals surface area (Å²) in [7, 11) is 3.73. The number of ether oxygens (including phenoxy) is 1. The summed E-state index contributed by atoms with van der Waals surface area (Å²) in [4.78, 5) is 13.7. The van der Waals surface area contributed by atoms with Gasteiger partial charge in [-0.1, -0.05) is 18.2 Å². The van der Waals surface area contributed by atoms with Crippen molar-refractivity contribution in [1.29, 1.82) is 0 Å². The van der Waals surface area contributed by atoms with Gasteiger partial charge in [-0.3, -0.25) is 4.79 Å². The second-order valence-electron chi connectivity index (χ2n) is 4.46. The van der Waals surface area contributed by atoms with Crippen molar-refractivity contribution in [3.05, 3.63) is 29.8 Å². The minimum atomic E-state index is 0.168. The predicted octanol–water partition coefficient (Wildman–Crippen LogP) is 1.70. The number of para-hydroxylation sites is 1. The van der Waals surface area contributed by atoms with Crippen LogP contribution in [0.4, 0.5) is 0 Å². The smallest absolute Gasteiger partial charge is 0.222 e. The SMILES string of the molecule is CCOc1ccccc1CCC(=O)N(C)CCNC. The van der Waals surface area contributed by atoms with Gasteiger partial charge in [-0.25, -0.2) is 0 Å². The van der Waals surface area contributed by atoms with Crippen molar-refractivity contribution in [2.45, 2.75) is 19.8 Å². The maximum Gasteiger partial charge on any atom is 0.222 e. The lowest BCUT2D eigenvalue weighted by Gasteiger charge is -2.17. The molecule has 0 fully saturated rings. The lowest BCUT2D eigenvalue weighted by atomic mass is 10.1. The summed E-state index contributed by atoms with van der Waals surface area (Å²) < 4.78 is 5.56. The first-order valence-electron chi connectivity index (χ1n) is 6.78. The fraction of sp³-hybridized carbons (Fsp3) is 0.533. The molecule has 0 heterocycles. The van der Waals surface area contributed by atoms with Crippen LogP contribution in [0.3, 0.4) is 0 Å². The van der Waals surface area contributed by atoms with Crippen LogP contribution in [-0.4, -0.2) is 44.6 Å². The molecule has 4 heteroatoms. The quantitative estimate of drug-likeness (QED) is 0.777. The van der Waals surface area contributed by atoms with Crippen LogP contribution in [0, 0.1) is 0 Å². The number of nitrogens with one attached hydrogen (secondary N) is 1. The monoisotopic (exact) mass is 264 g/mol. The van der Waals surface area contributed by atoms with E-state index in [1.807, 2.05) is 45.3 Å². The van der Waals surface area contributed by atoms with Gasteiger partial charge in [0.25, 0.3) is 0 Å². The molecule has 0 unspecified atom stereocenters. The fourth-order valence-electron chi connectivity index (χ4n) is 1.84. The number of rotatable bonds is 8. The minimum absolute atomic E-state index is 0.168. The molecule has 0 saturated carbocycles. The third-order valence-electron chi connectivity index (χ3n) is 3.00. The Bertz CT molecular complexity index is 393. The zero-order valence-electron chi connectivity index (χ0n) is 12.1. The van der Waals surface area contributed by atoms with Crippen molar-refractivity contribution in [3.8, 4) is 5.75 Å². The summed E-state index contributed by atoms with van der Waals surface area (Å²) in [5.41, 5.74) is 1.10. The number of hydrogen-bond donors (Lipinski definition) is 1. The van der Waals surface area contributed by atoms with E-state index in [2.05, 4.69) is 5.32 Å². The largest absolute Gasteiger partial charge is 0.494 e. The maximum atomic E-state index is 11.9. The molecule has 1 rings (SSSR count). The standard InChI is InChI=1S/C15H24N2O2/c1-4-19-14-8-6-5-7-13(14)9-10-15(18)17(3)12-11-16-2/h5-8,16H,4,9-12H2,1-3H3. The summed E-state index contributed by atoms with van der Waals surface area (Å²) in [6, 6.07) is 7.91. The fourth-order valence-corrected chi connectivity index (χ4v) is 1.84. The maximum absolute atomic E-state index is 11.9. The highest BCUT2D eigenvalue weighted by atomic mass is 16.5. The van der Waals surface area contributed by atoms with Crippen LogP contribution in [0.25, 0.3) is 0 Å². The van der Waals surface area contributed by atoms with E-state index >= 15 is 0 Å². The molecular weight excluding hydrogens is 240 g/mol. The highest BCUT2D eigenvalue weighted by Crippen LogP contribution is 2.19. The second-order valence-corrected chi connectivity index (χ2v) is 4.46. The summed E-state index contributed by atoms with van der Waals surface area (Å²) >= 11 is 0. The van der Waals surface area contributed by atoms with Crippen LogP contribution in [-0.2, 0) is 11.2 Å². The van der Waals surface area contributed by atoms with Gasteiger partial charge in [-0.15, -0.1) is 0 Å². The summed E-state index contributed by atoms with van der Waals surface area (Å²) in [6.07, 6.45) is 1.24. The van der Waals surface area contributed by atoms with Gasteiger partial charge in [-0.05, 0) is 32.0 Å². The van der Waals surface area contributed by atoms with Crippen molar-refractivity contribution in [1.82, 2.24) is 10.2 Å². The molecule has 0 bridgehead atoms. The Labute approximate surface area is 115 Å². The van der Waals surface area contributed by atoms with Crippen LogP contribution >= 0.6 is 0 Å². The third kappa shape index (κ3) is 5.30. The Morgan fingerprint density at radius 1 is 1.37 bits per heavy atom. The van der Waals surface area contributed by atoms with Crippen LogP contribution in [0.15, 0.2) is 24.3 Å². The zero-order valence-corrected chi connectivity index (χ0v) is 12.1. The second kappa shape index (κ2) is 8.53. The van der Waals surface area contributed by atoms with Crippen LogP contribution in [0.2, 0.25) is 0 Å². The Balaban J connectivity index is 2.49. The number of carbonyl (C=O) groups excluding carboxylic acids is 1. The topological polar surface area (TPSA) is 41.6 Å².